The average molecular weight is 502 g/mol. The molecule has 1 amide bonds. The van der Waals surface area contributed by atoms with Crippen LogP contribution in [0.15, 0.2) is 64.2 Å². The third kappa shape index (κ3) is 4.68. The Morgan fingerprint density at radius 3 is 2.53 bits per heavy atom. The SMILES string of the molecule is CC(=O)c1cccc(NC(=O)Cn2c(=O)n(CCc3ccccc3)c(=O)c3c4c(sc32)CCCC4)c1. The minimum Gasteiger partial charge on any atom is -0.325 e. The number of aryl methyl sites for hydroxylation is 3. The van der Waals surface area contributed by atoms with Gasteiger partial charge in [0, 0.05) is 22.7 Å². The van der Waals surface area contributed by atoms with Crippen molar-refractivity contribution < 1.29 is 9.59 Å². The summed E-state index contributed by atoms with van der Waals surface area (Å²) in [5.74, 6) is -0.489. The first kappa shape index (κ1) is 23.9. The second kappa shape index (κ2) is 10.1. The van der Waals surface area contributed by atoms with E-state index in [9.17, 15) is 19.2 Å². The van der Waals surface area contributed by atoms with Gasteiger partial charge >= 0.3 is 5.69 Å². The molecule has 7 nitrogen and oxygen atoms in total. The van der Waals surface area contributed by atoms with E-state index in [0.29, 0.717) is 27.9 Å². The van der Waals surface area contributed by atoms with Crippen molar-refractivity contribution in [1.82, 2.24) is 9.13 Å². The Morgan fingerprint density at radius 2 is 1.75 bits per heavy atom. The summed E-state index contributed by atoms with van der Waals surface area (Å²) in [5, 5.41) is 3.38. The summed E-state index contributed by atoms with van der Waals surface area (Å²) >= 11 is 1.46. The van der Waals surface area contributed by atoms with Gasteiger partial charge in [-0.15, -0.1) is 11.3 Å². The van der Waals surface area contributed by atoms with Crippen LogP contribution >= 0.6 is 11.3 Å². The molecule has 0 radical (unpaired) electrons. The molecule has 5 rings (SSSR count). The molecule has 2 heterocycles. The zero-order valence-electron chi connectivity index (χ0n) is 20.1. The van der Waals surface area contributed by atoms with Crippen LogP contribution in [0.1, 0.15) is 46.1 Å². The molecule has 0 spiro atoms. The molecular weight excluding hydrogens is 474 g/mol. The molecule has 8 heteroatoms. The Bertz CT molecular complexity index is 1580. The zero-order valence-corrected chi connectivity index (χ0v) is 20.9. The fraction of sp³-hybridized carbons (Fsp3) is 0.286. The first-order valence-corrected chi connectivity index (χ1v) is 13.0. The number of nitrogens with one attached hydrogen (secondary N) is 1. The number of rotatable bonds is 7. The van der Waals surface area contributed by atoms with Gasteiger partial charge in [-0.25, -0.2) is 4.79 Å². The van der Waals surface area contributed by atoms with Crippen LogP contribution in [0, 0.1) is 0 Å². The van der Waals surface area contributed by atoms with Gasteiger partial charge in [0.2, 0.25) is 5.91 Å². The van der Waals surface area contributed by atoms with E-state index in [2.05, 4.69) is 5.32 Å². The molecule has 0 bridgehead atoms. The molecule has 2 aromatic carbocycles. The van der Waals surface area contributed by atoms with Gasteiger partial charge in [0.25, 0.3) is 5.56 Å². The average Bonchev–Trinajstić information content (AvgIpc) is 3.27. The van der Waals surface area contributed by atoms with Crippen LogP contribution in [0.5, 0.6) is 0 Å². The van der Waals surface area contributed by atoms with Crippen molar-refractivity contribution in [1.29, 1.82) is 0 Å². The normalized spacial score (nSPS) is 12.9. The molecule has 0 saturated carbocycles. The molecular formula is C28H27N3O4S. The second-order valence-electron chi connectivity index (χ2n) is 9.14. The molecule has 1 aliphatic carbocycles. The minimum atomic E-state index is -0.477. The number of fused-ring (bicyclic) bond motifs is 3. The Kier molecular flexibility index (Phi) is 6.69. The molecule has 1 aliphatic rings. The van der Waals surface area contributed by atoms with E-state index in [1.54, 1.807) is 24.3 Å². The number of carbonyl (C=O) groups excluding carboxylic acids is 2. The summed E-state index contributed by atoms with van der Waals surface area (Å²) in [7, 11) is 0. The van der Waals surface area contributed by atoms with E-state index in [1.807, 2.05) is 30.3 Å². The molecule has 184 valence electrons. The first-order valence-electron chi connectivity index (χ1n) is 12.1. The third-order valence-electron chi connectivity index (χ3n) is 6.64. The van der Waals surface area contributed by atoms with Gasteiger partial charge in [-0.05, 0) is 62.3 Å². The largest absolute Gasteiger partial charge is 0.332 e. The number of thiophene rings is 1. The molecule has 0 saturated heterocycles. The van der Waals surface area contributed by atoms with Crippen molar-refractivity contribution >= 4 is 38.9 Å². The van der Waals surface area contributed by atoms with Gasteiger partial charge in [0.15, 0.2) is 5.78 Å². The summed E-state index contributed by atoms with van der Waals surface area (Å²) in [6, 6.07) is 16.4. The lowest BCUT2D eigenvalue weighted by atomic mass is 9.97. The number of hydrogen-bond donors (Lipinski definition) is 1. The van der Waals surface area contributed by atoms with Gasteiger partial charge in [-0.2, -0.15) is 0 Å². The third-order valence-corrected chi connectivity index (χ3v) is 7.95. The lowest BCUT2D eigenvalue weighted by Crippen LogP contribution is -2.42. The van der Waals surface area contributed by atoms with Gasteiger partial charge in [-0.1, -0.05) is 42.5 Å². The van der Waals surface area contributed by atoms with Crippen LogP contribution in [0.4, 0.5) is 5.69 Å². The Morgan fingerprint density at radius 1 is 0.972 bits per heavy atom. The quantitative estimate of drug-likeness (QED) is 0.385. The number of anilines is 1. The molecule has 4 aromatic rings. The fourth-order valence-electron chi connectivity index (χ4n) is 4.80. The van der Waals surface area contributed by atoms with Crippen molar-refractivity contribution in [2.45, 2.75) is 52.1 Å². The highest BCUT2D eigenvalue weighted by Gasteiger charge is 2.24. The number of amides is 1. The number of Topliss-reactive ketones (excluding diaryl/α,β-unsaturated/α-hetero) is 1. The zero-order chi connectivity index (χ0) is 25.2. The predicted octanol–water partition coefficient (Wildman–Crippen LogP) is 4.19. The summed E-state index contributed by atoms with van der Waals surface area (Å²) in [4.78, 5) is 53.6. The molecule has 0 aliphatic heterocycles. The maximum Gasteiger partial charge on any atom is 0.332 e. The Hall–Kier alpha value is -3.78. The monoisotopic (exact) mass is 501 g/mol. The van der Waals surface area contributed by atoms with E-state index >= 15 is 0 Å². The topological polar surface area (TPSA) is 90.2 Å². The van der Waals surface area contributed by atoms with E-state index < -0.39 is 11.6 Å². The summed E-state index contributed by atoms with van der Waals surface area (Å²) in [5.41, 5.74) is 2.30. The lowest BCUT2D eigenvalue weighted by Gasteiger charge is -2.14. The maximum absolute atomic E-state index is 13.6. The number of carbonyl (C=O) groups is 2. The summed E-state index contributed by atoms with van der Waals surface area (Å²) < 4.78 is 2.72. The van der Waals surface area contributed by atoms with Gasteiger partial charge in [0.1, 0.15) is 11.4 Å². The smallest absolute Gasteiger partial charge is 0.325 e. The van der Waals surface area contributed by atoms with Crippen molar-refractivity contribution in [3.05, 3.63) is 97.0 Å². The van der Waals surface area contributed by atoms with E-state index in [0.717, 1.165) is 41.7 Å². The number of aromatic nitrogens is 2. The van der Waals surface area contributed by atoms with Crippen LogP contribution in [-0.4, -0.2) is 20.8 Å². The van der Waals surface area contributed by atoms with Crippen LogP contribution in [0.2, 0.25) is 0 Å². The van der Waals surface area contributed by atoms with Crippen LogP contribution in [0.3, 0.4) is 0 Å². The molecule has 0 atom stereocenters. The second-order valence-corrected chi connectivity index (χ2v) is 10.2. The number of hydrogen-bond acceptors (Lipinski definition) is 5. The fourth-order valence-corrected chi connectivity index (χ4v) is 6.17. The maximum atomic E-state index is 13.6. The lowest BCUT2D eigenvalue weighted by molar-refractivity contribution is -0.116. The number of benzene rings is 2. The molecule has 1 N–H and O–H groups in total. The van der Waals surface area contributed by atoms with Crippen molar-refractivity contribution in [3.8, 4) is 0 Å². The highest BCUT2D eigenvalue weighted by atomic mass is 32.1. The first-order chi connectivity index (χ1) is 17.4. The van der Waals surface area contributed by atoms with Gasteiger partial charge in [0.05, 0.1) is 5.39 Å². The Balaban J connectivity index is 1.54. The molecule has 0 fully saturated rings. The molecule has 36 heavy (non-hydrogen) atoms. The van der Waals surface area contributed by atoms with Crippen molar-refractivity contribution in [2.75, 3.05) is 5.32 Å². The summed E-state index contributed by atoms with van der Waals surface area (Å²) in [6.45, 7) is 1.49. The van der Waals surface area contributed by atoms with E-state index in [1.165, 1.54) is 27.4 Å². The number of nitrogens with zero attached hydrogens (tertiary/aromatic N) is 2. The van der Waals surface area contributed by atoms with E-state index in [4.69, 9.17) is 0 Å². The highest BCUT2D eigenvalue weighted by molar-refractivity contribution is 7.18. The predicted molar refractivity (Wildman–Crippen MR) is 142 cm³/mol. The van der Waals surface area contributed by atoms with Crippen molar-refractivity contribution in [3.63, 3.8) is 0 Å². The van der Waals surface area contributed by atoms with Gasteiger partial charge < -0.3 is 5.32 Å². The van der Waals surface area contributed by atoms with Gasteiger partial charge in [-0.3, -0.25) is 23.5 Å². The minimum absolute atomic E-state index is 0.0984. The molecule has 0 unspecified atom stereocenters. The standard InChI is InChI=1S/C28H27N3O4S/c1-18(32)20-10-7-11-21(16-20)29-24(33)17-31-27-25(22-12-5-6-13-23(22)36-27)26(34)30(28(31)35)15-14-19-8-3-2-4-9-19/h2-4,7-11,16H,5-6,12-15,17H2,1H3,(H,29,33). The number of ketones is 1. The molecule has 2 aromatic heterocycles. The van der Waals surface area contributed by atoms with Crippen molar-refractivity contribution in [2.24, 2.45) is 0 Å². The Labute approximate surface area is 212 Å². The summed E-state index contributed by atoms with van der Waals surface area (Å²) in [6.07, 6.45) is 4.30. The van der Waals surface area contributed by atoms with Crippen LogP contribution in [-0.2, 0) is 37.1 Å². The van der Waals surface area contributed by atoms with Crippen LogP contribution in [0.25, 0.3) is 10.2 Å². The van der Waals surface area contributed by atoms with E-state index in [-0.39, 0.29) is 24.4 Å². The van der Waals surface area contributed by atoms with Crippen LogP contribution < -0.4 is 16.6 Å². The highest BCUT2D eigenvalue weighted by Crippen LogP contribution is 2.34.